The van der Waals surface area contributed by atoms with Crippen LogP contribution in [0.15, 0.2) is 142 Å². The molecule has 0 saturated carbocycles. The highest BCUT2D eigenvalue weighted by Gasteiger charge is 2.31. The third kappa shape index (κ3) is 7.48. The van der Waals surface area contributed by atoms with E-state index in [1.54, 1.807) is 0 Å². The highest BCUT2D eigenvalue weighted by molar-refractivity contribution is 9.11. The summed E-state index contributed by atoms with van der Waals surface area (Å²) in [6, 6.07) is 50.1. The largest absolute Gasteiger partial charge is 0.375 e. The fourth-order valence-corrected chi connectivity index (χ4v) is 8.49. The smallest absolute Gasteiger partial charge is 0.0760 e. The molecular weight excluding hydrogens is 740 g/mol. The van der Waals surface area contributed by atoms with E-state index in [2.05, 4.69) is 176 Å². The van der Waals surface area contributed by atoms with Gasteiger partial charge in [0.15, 0.2) is 0 Å². The molecule has 8 aliphatic rings. The summed E-state index contributed by atoms with van der Waals surface area (Å²) in [7, 11) is 0. The van der Waals surface area contributed by atoms with Crippen molar-refractivity contribution in [3.8, 4) is 0 Å². The van der Waals surface area contributed by atoms with Crippen LogP contribution in [0.1, 0.15) is 67.7 Å². The summed E-state index contributed by atoms with van der Waals surface area (Å²) < 4.78 is 2.13. The van der Waals surface area contributed by atoms with Gasteiger partial charge >= 0.3 is 0 Å². The molecule has 14 rings (SSSR count). The van der Waals surface area contributed by atoms with Gasteiger partial charge in [-0.05, 0) is 163 Å². The third-order valence-corrected chi connectivity index (χ3v) is 12.0. The van der Waals surface area contributed by atoms with Crippen molar-refractivity contribution >= 4 is 43.2 Å². The van der Waals surface area contributed by atoms with Crippen LogP contribution in [0.2, 0.25) is 0 Å². The molecule has 250 valence electrons. The van der Waals surface area contributed by atoms with E-state index in [0.717, 1.165) is 71.7 Å². The Morgan fingerprint density at radius 2 is 0.680 bits per heavy atom. The van der Waals surface area contributed by atoms with Crippen LogP contribution in [-0.2, 0) is 51.4 Å². The number of benzene rings is 6. The van der Waals surface area contributed by atoms with Crippen molar-refractivity contribution in [2.24, 2.45) is 0 Å². The molecule has 8 aliphatic carbocycles. The lowest BCUT2D eigenvalue weighted by Crippen LogP contribution is -2.28. The van der Waals surface area contributed by atoms with Crippen LogP contribution in [0.3, 0.4) is 0 Å². The number of hydrogen-bond donors (Lipinski definition) is 2. The van der Waals surface area contributed by atoms with Gasteiger partial charge in [-0.1, -0.05) is 109 Å². The van der Waals surface area contributed by atoms with Gasteiger partial charge in [-0.15, -0.1) is 0 Å². The zero-order chi connectivity index (χ0) is 33.9. The Kier molecular flexibility index (Phi) is 9.92. The van der Waals surface area contributed by atoms with E-state index in [9.17, 15) is 0 Å². The quantitative estimate of drug-likeness (QED) is 0.169. The molecule has 6 aromatic carbocycles. The van der Waals surface area contributed by atoms with Gasteiger partial charge < -0.3 is 10.6 Å². The molecule has 0 fully saturated rings. The third-order valence-electron chi connectivity index (χ3n) is 10.6. The molecule has 0 amide bonds. The average Bonchev–Trinajstić information content (AvgIpc) is 3.13. The molecule has 4 heteroatoms. The first-order valence-corrected chi connectivity index (χ1v) is 19.6. The Hall–Kier alpha value is -4.12. The van der Waals surface area contributed by atoms with Crippen LogP contribution >= 0.6 is 31.9 Å². The second-order valence-corrected chi connectivity index (χ2v) is 15.6. The van der Waals surface area contributed by atoms with Crippen molar-refractivity contribution in [1.82, 2.24) is 0 Å². The molecule has 0 heterocycles. The van der Waals surface area contributed by atoms with Gasteiger partial charge in [0.2, 0.25) is 0 Å². The summed E-state index contributed by atoms with van der Waals surface area (Å²) in [4.78, 5) is 0. The lowest BCUT2D eigenvalue weighted by Gasteiger charge is -2.35. The second-order valence-electron chi connectivity index (χ2n) is 13.9. The summed E-state index contributed by atoms with van der Waals surface area (Å²) in [5.41, 5.74) is 16.1. The maximum Gasteiger partial charge on any atom is 0.0760 e. The van der Waals surface area contributed by atoms with Crippen LogP contribution in [0, 0.1) is 0 Å². The lowest BCUT2D eigenvalue weighted by molar-refractivity contribution is 0.632. The number of para-hydroxylation sites is 2. The molecule has 0 saturated heterocycles. The first-order valence-electron chi connectivity index (χ1n) is 18.0. The van der Waals surface area contributed by atoms with Gasteiger partial charge in [-0.3, -0.25) is 0 Å². The highest BCUT2D eigenvalue weighted by atomic mass is 79.9. The Morgan fingerprint density at radius 3 is 1.06 bits per heavy atom. The number of anilines is 2. The summed E-state index contributed by atoms with van der Waals surface area (Å²) in [5.74, 6) is 0. The molecule has 0 spiro atoms. The Bertz CT molecular complexity index is 1950. The molecule has 0 aromatic heterocycles. The van der Waals surface area contributed by atoms with Gasteiger partial charge in [0, 0.05) is 20.3 Å². The minimum atomic E-state index is -0.0696. The average molecular weight is 783 g/mol. The second kappa shape index (κ2) is 15.0. The van der Waals surface area contributed by atoms with Crippen molar-refractivity contribution in [2.45, 2.75) is 63.5 Å². The van der Waals surface area contributed by atoms with Crippen molar-refractivity contribution in [3.63, 3.8) is 0 Å². The van der Waals surface area contributed by atoms with Crippen molar-refractivity contribution < 1.29 is 0 Å². The zero-order valence-electron chi connectivity index (χ0n) is 28.3. The van der Waals surface area contributed by atoms with Crippen LogP contribution in [0.5, 0.6) is 0 Å². The van der Waals surface area contributed by atoms with Gasteiger partial charge in [0.1, 0.15) is 0 Å². The van der Waals surface area contributed by atoms with Crippen molar-refractivity contribution in [2.75, 3.05) is 10.6 Å². The monoisotopic (exact) mass is 780 g/mol. The molecule has 8 bridgehead atoms. The van der Waals surface area contributed by atoms with Crippen LogP contribution in [-0.4, -0.2) is 0 Å². The topological polar surface area (TPSA) is 24.1 Å². The predicted molar refractivity (Wildman–Crippen MR) is 216 cm³/mol. The van der Waals surface area contributed by atoms with Crippen LogP contribution < -0.4 is 10.6 Å². The fourth-order valence-electron chi connectivity index (χ4n) is 7.69. The zero-order valence-corrected chi connectivity index (χ0v) is 31.4. The van der Waals surface area contributed by atoms with E-state index in [-0.39, 0.29) is 12.1 Å². The first-order chi connectivity index (χ1) is 24.6. The van der Waals surface area contributed by atoms with E-state index in [1.165, 1.54) is 55.6 Å². The molecule has 2 nitrogen and oxygen atoms in total. The van der Waals surface area contributed by atoms with Gasteiger partial charge in [0.05, 0.1) is 12.1 Å². The summed E-state index contributed by atoms with van der Waals surface area (Å²) in [6.07, 6.45) is 8.07. The maximum atomic E-state index is 4.14. The number of aryl methyl sites for hydroxylation is 8. The normalized spacial score (nSPS) is 15.0. The molecule has 0 aliphatic heterocycles. The molecule has 0 unspecified atom stereocenters. The van der Waals surface area contributed by atoms with E-state index in [4.69, 9.17) is 0 Å². The Morgan fingerprint density at radius 1 is 0.360 bits per heavy atom. The summed E-state index contributed by atoms with van der Waals surface area (Å²) in [6.45, 7) is 0. The molecular formula is C46H42Br2N2. The van der Waals surface area contributed by atoms with E-state index < -0.39 is 0 Å². The minimum absolute atomic E-state index is 0.0696. The molecule has 0 radical (unpaired) electrons. The lowest BCUT2D eigenvalue weighted by atomic mass is 9.82. The predicted octanol–water partition coefficient (Wildman–Crippen LogP) is 12.0. The molecule has 2 atom stereocenters. The number of nitrogens with one attached hydrogen (secondary N) is 2. The van der Waals surface area contributed by atoms with E-state index >= 15 is 0 Å². The van der Waals surface area contributed by atoms with Gasteiger partial charge in [-0.25, -0.2) is 0 Å². The van der Waals surface area contributed by atoms with E-state index in [1.807, 2.05) is 0 Å². The molecule has 50 heavy (non-hydrogen) atoms. The van der Waals surface area contributed by atoms with Gasteiger partial charge in [0.25, 0.3) is 0 Å². The standard InChI is InChI=1S/C46H42Br2N2/c47-41-5-1-3-7-43(41)49-45(39-29-35-19-17-31-9-13-33(14-10-31)21-25-37(39)27-23-35)46(50-44-8-4-2-6-42(44)48)40-30-36-20-18-32-11-15-34(16-12-32)22-26-38(40)28-24-36/h1-16,23-24,27-30,45-46,49-50H,17-22,25-26H2/t45-,46+. The van der Waals surface area contributed by atoms with Crippen molar-refractivity contribution in [1.29, 1.82) is 0 Å². The van der Waals surface area contributed by atoms with Gasteiger partial charge in [-0.2, -0.15) is 0 Å². The maximum absolute atomic E-state index is 4.14. The number of rotatable bonds is 7. The van der Waals surface area contributed by atoms with E-state index in [0.29, 0.717) is 0 Å². The Labute approximate surface area is 313 Å². The van der Waals surface area contributed by atoms with Crippen molar-refractivity contribution in [3.05, 3.63) is 198 Å². The summed E-state index contributed by atoms with van der Waals surface area (Å²) >= 11 is 7.81. The highest BCUT2D eigenvalue weighted by Crippen LogP contribution is 2.42. The molecule has 6 aromatic rings. The fraction of sp³-hybridized carbons (Fsp3) is 0.217. The first kappa shape index (κ1) is 33.0. The number of halogens is 2. The minimum Gasteiger partial charge on any atom is -0.375 e. The van der Waals surface area contributed by atoms with Crippen LogP contribution in [0.25, 0.3) is 0 Å². The summed E-state index contributed by atoms with van der Waals surface area (Å²) in [5, 5.41) is 8.28. The Balaban J connectivity index is 1.31. The number of hydrogen-bond acceptors (Lipinski definition) is 2. The van der Waals surface area contributed by atoms with Crippen LogP contribution in [0.4, 0.5) is 11.4 Å². The SMILES string of the molecule is Brc1ccccc1N[C@H](c1cc2ccc1CCc1ccc(cc1)CC2)[C@@H](Nc1ccccc1Br)c1cc2ccc1CCc1ccc(cc1)CC2. The molecule has 2 N–H and O–H groups in total.